The molecule has 1 aromatic carbocycles. The van der Waals surface area contributed by atoms with Crippen LogP contribution in [0.1, 0.15) is 20.3 Å². The quantitative estimate of drug-likeness (QED) is 0.909. The highest BCUT2D eigenvalue weighted by atomic mass is 35.5. The number of nitrogens with one attached hydrogen (secondary N) is 1. The first-order valence-corrected chi connectivity index (χ1v) is 6.96. The molecule has 1 atom stereocenters. The van der Waals surface area contributed by atoms with E-state index in [1.165, 1.54) is 0 Å². The van der Waals surface area contributed by atoms with Crippen LogP contribution in [0.5, 0.6) is 0 Å². The van der Waals surface area contributed by atoms with Crippen LogP contribution in [0.25, 0.3) is 10.9 Å². The van der Waals surface area contributed by atoms with Gasteiger partial charge < -0.3 is 11.1 Å². The van der Waals surface area contributed by atoms with Gasteiger partial charge in [0.05, 0.1) is 22.3 Å². The van der Waals surface area contributed by atoms with E-state index >= 15 is 0 Å². The number of amides is 1. The first-order valence-electron chi connectivity index (χ1n) is 6.58. The first kappa shape index (κ1) is 14.8. The van der Waals surface area contributed by atoms with Crippen molar-refractivity contribution in [1.82, 2.24) is 4.98 Å². The molecule has 2 rings (SSSR count). The molecule has 0 spiro atoms. The molecule has 0 unspecified atom stereocenters. The van der Waals surface area contributed by atoms with Gasteiger partial charge in [0.15, 0.2) is 0 Å². The second-order valence-electron chi connectivity index (χ2n) is 5.22. The standard InChI is InChI=1S/C15H18ClN3O/c1-9(2)8-12(17)15(20)19-13-6-5-11(16)14-10(13)4-3-7-18-14/h3-7,9,12H,8,17H2,1-2H3,(H,19,20)/t12-/m1/s1. The Morgan fingerprint density at radius 1 is 1.40 bits per heavy atom. The Morgan fingerprint density at radius 2 is 2.15 bits per heavy atom. The Labute approximate surface area is 123 Å². The maximum absolute atomic E-state index is 12.1. The van der Waals surface area contributed by atoms with Gasteiger partial charge in [0.25, 0.3) is 0 Å². The number of hydrogen-bond donors (Lipinski definition) is 2. The van der Waals surface area contributed by atoms with Gasteiger partial charge >= 0.3 is 0 Å². The summed E-state index contributed by atoms with van der Waals surface area (Å²) in [5.74, 6) is 0.186. The topological polar surface area (TPSA) is 68.0 Å². The fourth-order valence-electron chi connectivity index (χ4n) is 2.09. The molecule has 0 aliphatic carbocycles. The van der Waals surface area contributed by atoms with E-state index in [1.807, 2.05) is 26.0 Å². The Balaban J connectivity index is 2.26. The SMILES string of the molecule is CC(C)C[C@@H](N)C(=O)Nc1ccc(Cl)c2ncccc12. The second-order valence-corrected chi connectivity index (χ2v) is 5.63. The predicted molar refractivity (Wildman–Crippen MR) is 82.8 cm³/mol. The van der Waals surface area contributed by atoms with E-state index in [9.17, 15) is 4.79 Å². The van der Waals surface area contributed by atoms with Crippen LogP contribution >= 0.6 is 11.6 Å². The monoisotopic (exact) mass is 291 g/mol. The molecular weight excluding hydrogens is 274 g/mol. The summed E-state index contributed by atoms with van der Waals surface area (Å²) in [6.45, 7) is 4.07. The Morgan fingerprint density at radius 3 is 2.85 bits per heavy atom. The predicted octanol–water partition coefficient (Wildman–Crippen LogP) is 3.20. The number of hydrogen-bond acceptors (Lipinski definition) is 3. The third-order valence-electron chi connectivity index (χ3n) is 3.04. The summed E-state index contributed by atoms with van der Waals surface area (Å²) >= 11 is 6.10. The summed E-state index contributed by atoms with van der Waals surface area (Å²) in [5.41, 5.74) is 7.24. The third-order valence-corrected chi connectivity index (χ3v) is 3.35. The lowest BCUT2D eigenvalue weighted by atomic mass is 10.0. The molecule has 1 amide bonds. The van der Waals surface area contributed by atoms with Gasteiger partial charge in [0, 0.05) is 11.6 Å². The molecule has 0 aliphatic heterocycles. The molecule has 20 heavy (non-hydrogen) atoms. The zero-order valence-electron chi connectivity index (χ0n) is 11.6. The van der Waals surface area contributed by atoms with Crippen molar-refractivity contribution in [3.8, 4) is 0 Å². The maximum atomic E-state index is 12.1. The minimum atomic E-state index is -0.516. The van der Waals surface area contributed by atoms with Crippen LogP contribution in [0.2, 0.25) is 5.02 Å². The number of benzene rings is 1. The lowest BCUT2D eigenvalue weighted by Crippen LogP contribution is -2.36. The Bertz CT molecular complexity index is 628. The molecule has 5 heteroatoms. The third kappa shape index (κ3) is 3.26. The first-order chi connectivity index (χ1) is 9.49. The number of pyridine rings is 1. The van der Waals surface area contributed by atoms with Crippen LogP contribution in [-0.4, -0.2) is 16.9 Å². The Hall–Kier alpha value is -1.65. The van der Waals surface area contributed by atoms with Gasteiger partial charge in [0.1, 0.15) is 0 Å². The van der Waals surface area contributed by atoms with E-state index in [4.69, 9.17) is 17.3 Å². The molecule has 0 aliphatic rings. The summed E-state index contributed by atoms with van der Waals surface area (Å²) in [7, 11) is 0. The number of aromatic nitrogens is 1. The summed E-state index contributed by atoms with van der Waals surface area (Å²) < 4.78 is 0. The van der Waals surface area contributed by atoms with E-state index in [-0.39, 0.29) is 5.91 Å². The van der Waals surface area contributed by atoms with E-state index < -0.39 is 6.04 Å². The largest absolute Gasteiger partial charge is 0.324 e. The normalized spacial score (nSPS) is 12.7. The molecule has 3 N–H and O–H groups in total. The lowest BCUT2D eigenvalue weighted by molar-refractivity contribution is -0.117. The number of nitrogens with zero attached hydrogens (tertiary/aromatic N) is 1. The van der Waals surface area contributed by atoms with Crippen molar-refractivity contribution < 1.29 is 4.79 Å². The number of fused-ring (bicyclic) bond motifs is 1. The smallest absolute Gasteiger partial charge is 0.241 e. The molecule has 0 saturated heterocycles. The van der Waals surface area contributed by atoms with Crippen molar-refractivity contribution in [3.05, 3.63) is 35.5 Å². The van der Waals surface area contributed by atoms with E-state index in [1.54, 1.807) is 18.3 Å². The zero-order chi connectivity index (χ0) is 14.7. The van der Waals surface area contributed by atoms with E-state index in [0.717, 1.165) is 5.39 Å². The molecule has 4 nitrogen and oxygen atoms in total. The van der Waals surface area contributed by atoms with Crippen LogP contribution < -0.4 is 11.1 Å². The molecule has 1 heterocycles. The van der Waals surface area contributed by atoms with Gasteiger partial charge in [-0.15, -0.1) is 0 Å². The summed E-state index contributed by atoms with van der Waals surface area (Å²) in [6, 6.07) is 6.66. The number of carbonyl (C=O) groups excluding carboxylic acids is 1. The van der Waals surface area contributed by atoms with E-state index in [0.29, 0.717) is 28.6 Å². The van der Waals surface area contributed by atoms with Gasteiger partial charge in [-0.3, -0.25) is 9.78 Å². The van der Waals surface area contributed by atoms with E-state index in [2.05, 4.69) is 10.3 Å². The molecular formula is C15H18ClN3O. The summed E-state index contributed by atoms with van der Waals surface area (Å²) in [5, 5.41) is 4.23. The zero-order valence-corrected chi connectivity index (χ0v) is 12.3. The highest BCUT2D eigenvalue weighted by Gasteiger charge is 2.16. The summed E-state index contributed by atoms with van der Waals surface area (Å²) in [4.78, 5) is 16.3. The Kier molecular flexibility index (Phi) is 4.57. The van der Waals surface area contributed by atoms with Gasteiger partial charge in [0.2, 0.25) is 5.91 Å². The average molecular weight is 292 g/mol. The van der Waals surface area contributed by atoms with Crippen molar-refractivity contribution in [1.29, 1.82) is 0 Å². The van der Waals surface area contributed by atoms with Crippen molar-refractivity contribution in [2.24, 2.45) is 11.7 Å². The maximum Gasteiger partial charge on any atom is 0.241 e. The number of carbonyl (C=O) groups is 1. The van der Waals surface area contributed by atoms with Crippen LogP contribution in [0.15, 0.2) is 30.5 Å². The van der Waals surface area contributed by atoms with Crippen molar-refractivity contribution >= 4 is 34.1 Å². The van der Waals surface area contributed by atoms with Crippen LogP contribution in [0.4, 0.5) is 5.69 Å². The lowest BCUT2D eigenvalue weighted by Gasteiger charge is -2.15. The molecule has 1 aromatic heterocycles. The number of halogens is 1. The minimum Gasteiger partial charge on any atom is -0.324 e. The fourth-order valence-corrected chi connectivity index (χ4v) is 2.30. The second kappa shape index (κ2) is 6.20. The van der Waals surface area contributed by atoms with Crippen LogP contribution in [-0.2, 0) is 4.79 Å². The van der Waals surface area contributed by atoms with Gasteiger partial charge in [-0.2, -0.15) is 0 Å². The highest BCUT2D eigenvalue weighted by molar-refractivity contribution is 6.35. The fraction of sp³-hybridized carbons (Fsp3) is 0.333. The van der Waals surface area contributed by atoms with Crippen molar-refractivity contribution in [3.63, 3.8) is 0 Å². The van der Waals surface area contributed by atoms with Crippen molar-refractivity contribution in [2.75, 3.05) is 5.32 Å². The van der Waals surface area contributed by atoms with Crippen LogP contribution in [0.3, 0.4) is 0 Å². The molecule has 106 valence electrons. The number of anilines is 1. The average Bonchev–Trinajstić information content (AvgIpc) is 2.41. The number of nitrogens with two attached hydrogens (primary N) is 1. The van der Waals surface area contributed by atoms with Gasteiger partial charge in [-0.25, -0.2) is 0 Å². The minimum absolute atomic E-state index is 0.189. The molecule has 0 saturated carbocycles. The number of rotatable bonds is 4. The van der Waals surface area contributed by atoms with Gasteiger partial charge in [-0.1, -0.05) is 25.4 Å². The highest BCUT2D eigenvalue weighted by Crippen LogP contribution is 2.28. The molecule has 0 radical (unpaired) electrons. The molecule has 2 aromatic rings. The molecule has 0 bridgehead atoms. The van der Waals surface area contributed by atoms with Crippen molar-refractivity contribution in [2.45, 2.75) is 26.3 Å². The van der Waals surface area contributed by atoms with Gasteiger partial charge in [-0.05, 0) is 36.6 Å². The summed E-state index contributed by atoms with van der Waals surface area (Å²) in [6.07, 6.45) is 2.32. The molecule has 0 fully saturated rings. The van der Waals surface area contributed by atoms with Crippen LogP contribution in [0, 0.1) is 5.92 Å².